The van der Waals surface area contributed by atoms with Gasteiger partial charge in [0.15, 0.2) is 5.76 Å². The molecule has 78 valence electrons. The lowest BCUT2D eigenvalue weighted by molar-refractivity contribution is 0.249. The molecule has 0 spiro atoms. The van der Waals surface area contributed by atoms with Gasteiger partial charge in [-0.15, -0.1) is 0 Å². The van der Waals surface area contributed by atoms with Crippen molar-refractivity contribution in [3.05, 3.63) is 45.4 Å². The molecule has 0 saturated carbocycles. The molecule has 2 aromatic rings. The molecule has 0 aliphatic rings. The lowest BCUT2D eigenvalue weighted by Crippen LogP contribution is -1.93. The van der Waals surface area contributed by atoms with Gasteiger partial charge in [-0.2, -0.15) is 0 Å². The number of ether oxygens (including phenoxy) is 1. The highest BCUT2D eigenvalue weighted by Gasteiger charge is 2.01. The van der Waals surface area contributed by atoms with Crippen LogP contribution in [0.4, 0.5) is 0 Å². The van der Waals surface area contributed by atoms with Crippen LogP contribution in [-0.2, 0) is 6.61 Å². The molecule has 0 unspecified atom stereocenters. The summed E-state index contributed by atoms with van der Waals surface area (Å²) >= 11 is 2.26. The second kappa shape index (κ2) is 4.65. The highest BCUT2D eigenvalue weighted by molar-refractivity contribution is 14.1. The van der Waals surface area contributed by atoms with Crippen LogP contribution in [0.25, 0.3) is 0 Å². The van der Waals surface area contributed by atoms with Gasteiger partial charge in [0.2, 0.25) is 0 Å². The third kappa shape index (κ3) is 2.95. The maximum Gasteiger partial charge on any atom is 0.174 e. The van der Waals surface area contributed by atoms with Gasteiger partial charge in [0, 0.05) is 9.64 Å². The summed E-state index contributed by atoms with van der Waals surface area (Å²) in [6, 6.07) is 9.74. The van der Waals surface area contributed by atoms with Crippen LogP contribution < -0.4 is 4.74 Å². The zero-order chi connectivity index (χ0) is 10.7. The van der Waals surface area contributed by atoms with Crippen LogP contribution in [0.3, 0.4) is 0 Å². The van der Waals surface area contributed by atoms with E-state index in [9.17, 15) is 0 Å². The normalized spacial score (nSPS) is 10.3. The summed E-state index contributed by atoms with van der Waals surface area (Å²) in [4.78, 5) is 0. The van der Waals surface area contributed by atoms with Crippen LogP contribution >= 0.6 is 22.6 Å². The predicted molar refractivity (Wildman–Crippen MR) is 64.7 cm³/mol. The molecule has 2 rings (SSSR count). The van der Waals surface area contributed by atoms with E-state index in [0.717, 1.165) is 17.2 Å². The Kier molecular flexibility index (Phi) is 3.25. The number of nitrogens with zero attached hydrogens (tertiary/aromatic N) is 1. The minimum Gasteiger partial charge on any atom is -0.486 e. The van der Waals surface area contributed by atoms with E-state index >= 15 is 0 Å². The first-order valence-corrected chi connectivity index (χ1v) is 5.62. The van der Waals surface area contributed by atoms with Crippen LogP contribution in [0.15, 0.2) is 34.9 Å². The van der Waals surface area contributed by atoms with Gasteiger partial charge in [0.05, 0.1) is 5.69 Å². The number of benzene rings is 1. The van der Waals surface area contributed by atoms with E-state index < -0.39 is 0 Å². The van der Waals surface area contributed by atoms with Crippen molar-refractivity contribution < 1.29 is 9.26 Å². The van der Waals surface area contributed by atoms with Gasteiger partial charge in [-0.25, -0.2) is 0 Å². The molecule has 0 atom stereocenters. The molecule has 3 nitrogen and oxygen atoms in total. The summed E-state index contributed by atoms with van der Waals surface area (Å²) in [6.45, 7) is 2.30. The van der Waals surface area contributed by atoms with E-state index in [1.807, 2.05) is 37.3 Å². The summed E-state index contributed by atoms with van der Waals surface area (Å²) in [5.41, 5.74) is 0.871. The zero-order valence-electron chi connectivity index (χ0n) is 8.24. The molecule has 0 radical (unpaired) electrons. The Morgan fingerprint density at radius 2 is 2.07 bits per heavy atom. The fourth-order valence-electron chi connectivity index (χ4n) is 1.17. The summed E-state index contributed by atoms with van der Waals surface area (Å²) in [6.07, 6.45) is 0. The standard InChI is InChI=1S/C11H10INO2/c1-8-6-11(15-13-8)7-14-10-4-2-9(12)3-5-10/h2-6H,7H2,1H3. The Labute approximate surface area is 102 Å². The molecule has 0 aliphatic heterocycles. The third-order valence-corrected chi connectivity index (χ3v) is 2.59. The number of aromatic nitrogens is 1. The zero-order valence-corrected chi connectivity index (χ0v) is 10.4. The number of hydrogen-bond donors (Lipinski definition) is 0. The highest BCUT2D eigenvalue weighted by atomic mass is 127. The monoisotopic (exact) mass is 315 g/mol. The average Bonchev–Trinajstić information content (AvgIpc) is 2.64. The van der Waals surface area contributed by atoms with E-state index in [-0.39, 0.29) is 0 Å². The molecule has 1 aromatic carbocycles. The highest BCUT2D eigenvalue weighted by Crippen LogP contribution is 2.15. The first-order chi connectivity index (χ1) is 7.24. The molecule has 0 aliphatic carbocycles. The fraction of sp³-hybridized carbons (Fsp3) is 0.182. The topological polar surface area (TPSA) is 35.3 Å². The van der Waals surface area contributed by atoms with E-state index in [1.54, 1.807) is 0 Å². The molecular weight excluding hydrogens is 305 g/mol. The Balaban J connectivity index is 1.96. The first-order valence-electron chi connectivity index (χ1n) is 4.54. The fourth-order valence-corrected chi connectivity index (χ4v) is 1.53. The van der Waals surface area contributed by atoms with Crippen molar-refractivity contribution in [3.8, 4) is 5.75 Å². The van der Waals surface area contributed by atoms with Crippen LogP contribution in [0.5, 0.6) is 5.75 Å². The van der Waals surface area contributed by atoms with Gasteiger partial charge in [-0.05, 0) is 53.8 Å². The Morgan fingerprint density at radius 3 is 2.67 bits per heavy atom. The van der Waals surface area contributed by atoms with Crippen molar-refractivity contribution in [2.24, 2.45) is 0 Å². The first kappa shape index (κ1) is 10.5. The van der Waals surface area contributed by atoms with E-state index in [0.29, 0.717) is 6.61 Å². The molecule has 1 aromatic heterocycles. The molecule has 0 bridgehead atoms. The molecule has 4 heteroatoms. The molecule has 1 heterocycles. The van der Waals surface area contributed by atoms with E-state index in [1.165, 1.54) is 3.57 Å². The lowest BCUT2D eigenvalue weighted by atomic mass is 10.3. The van der Waals surface area contributed by atoms with Gasteiger partial charge in [-0.1, -0.05) is 5.16 Å². The van der Waals surface area contributed by atoms with Gasteiger partial charge in [0.25, 0.3) is 0 Å². The minimum absolute atomic E-state index is 0.418. The average molecular weight is 315 g/mol. The van der Waals surface area contributed by atoms with Crippen molar-refractivity contribution in [1.82, 2.24) is 5.16 Å². The minimum atomic E-state index is 0.418. The maximum atomic E-state index is 5.52. The Hall–Kier alpha value is -1.04. The second-order valence-electron chi connectivity index (χ2n) is 3.18. The largest absolute Gasteiger partial charge is 0.486 e. The lowest BCUT2D eigenvalue weighted by Gasteiger charge is -2.02. The second-order valence-corrected chi connectivity index (χ2v) is 4.42. The quantitative estimate of drug-likeness (QED) is 0.816. The summed E-state index contributed by atoms with van der Waals surface area (Å²) < 4.78 is 11.7. The van der Waals surface area contributed by atoms with E-state index in [4.69, 9.17) is 9.26 Å². The summed E-state index contributed by atoms with van der Waals surface area (Å²) in [5.74, 6) is 1.58. The van der Waals surface area contributed by atoms with Crippen molar-refractivity contribution in [2.45, 2.75) is 13.5 Å². The predicted octanol–water partition coefficient (Wildman–Crippen LogP) is 3.17. The van der Waals surface area contributed by atoms with E-state index in [2.05, 4.69) is 27.7 Å². The van der Waals surface area contributed by atoms with Gasteiger partial charge in [0.1, 0.15) is 12.4 Å². The van der Waals surface area contributed by atoms with Crippen molar-refractivity contribution in [3.63, 3.8) is 0 Å². The number of aryl methyl sites for hydroxylation is 1. The number of halogens is 1. The number of hydrogen-bond acceptors (Lipinski definition) is 3. The van der Waals surface area contributed by atoms with Crippen LogP contribution in [0.1, 0.15) is 11.5 Å². The molecule has 0 N–H and O–H groups in total. The smallest absolute Gasteiger partial charge is 0.174 e. The maximum absolute atomic E-state index is 5.52. The Bertz CT molecular complexity index is 436. The van der Waals surface area contributed by atoms with Crippen LogP contribution in [-0.4, -0.2) is 5.16 Å². The third-order valence-electron chi connectivity index (χ3n) is 1.87. The SMILES string of the molecule is Cc1cc(COc2ccc(I)cc2)on1. The Morgan fingerprint density at radius 1 is 1.33 bits per heavy atom. The van der Waals surface area contributed by atoms with Gasteiger partial charge in [-0.3, -0.25) is 0 Å². The molecule has 15 heavy (non-hydrogen) atoms. The summed E-state index contributed by atoms with van der Waals surface area (Å²) in [5, 5.41) is 3.79. The van der Waals surface area contributed by atoms with Crippen molar-refractivity contribution >= 4 is 22.6 Å². The molecule has 0 amide bonds. The van der Waals surface area contributed by atoms with Crippen LogP contribution in [0, 0.1) is 10.5 Å². The molecular formula is C11H10INO2. The summed E-state index contributed by atoms with van der Waals surface area (Å²) in [7, 11) is 0. The molecule has 0 fully saturated rings. The van der Waals surface area contributed by atoms with Gasteiger partial charge < -0.3 is 9.26 Å². The molecule has 0 saturated heterocycles. The van der Waals surface area contributed by atoms with Crippen molar-refractivity contribution in [2.75, 3.05) is 0 Å². The van der Waals surface area contributed by atoms with Crippen LogP contribution in [0.2, 0.25) is 0 Å². The van der Waals surface area contributed by atoms with Crippen molar-refractivity contribution in [1.29, 1.82) is 0 Å². The van der Waals surface area contributed by atoms with Gasteiger partial charge >= 0.3 is 0 Å². The number of rotatable bonds is 3.